The standard InChI is InChI=1S/C12H22N2O3S/c1-2-3-6-11-7-4-9-14(11)12(15)8-5-10-18(13,16)17/h4,7,11H,2-3,5-6,8-10H2,1H3,(H2,13,16,17). The molecule has 0 bridgehead atoms. The third-order valence-electron chi connectivity index (χ3n) is 3.05. The molecule has 0 aromatic heterocycles. The van der Waals surface area contributed by atoms with Crippen molar-refractivity contribution in [2.45, 2.75) is 45.1 Å². The van der Waals surface area contributed by atoms with E-state index in [1.807, 2.05) is 11.0 Å². The largest absolute Gasteiger partial charge is 0.333 e. The van der Waals surface area contributed by atoms with Gasteiger partial charge in [0, 0.05) is 13.0 Å². The predicted octanol–water partition coefficient (Wildman–Crippen LogP) is 1.01. The maximum Gasteiger partial charge on any atom is 0.223 e. The van der Waals surface area contributed by atoms with Crippen LogP contribution in [-0.4, -0.2) is 37.6 Å². The van der Waals surface area contributed by atoms with Gasteiger partial charge in [0.2, 0.25) is 15.9 Å². The van der Waals surface area contributed by atoms with Crippen LogP contribution in [0.3, 0.4) is 0 Å². The van der Waals surface area contributed by atoms with E-state index in [4.69, 9.17) is 5.14 Å². The molecule has 0 aromatic rings. The molecule has 1 heterocycles. The zero-order valence-electron chi connectivity index (χ0n) is 10.8. The lowest BCUT2D eigenvalue weighted by atomic mass is 10.1. The number of nitrogens with zero attached hydrogens (tertiary/aromatic N) is 1. The van der Waals surface area contributed by atoms with Gasteiger partial charge in [-0.1, -0.05) is 31.9 Å². The zero-order valence-corrected chi connectivity index (χ0v) is 11.7. The van der Waals surface area contributed by atoms with Crippen molar-refractivity contribution in [3.63, 3.8) is 0 Å². The third-order valence-corrected chi connectivity index (χ3v) is 3.91. The minimum atomic E-state index is -3.46. The minimum Gasteiger partial charge on any atom is -0.333 e. The van der Waals surface area contributed by atoms with Crippen molar-refractivity contribution in [2.75, 3.05) is 12.3 Å². The molecule has 1 amide bonds. The summed E-state index contributed by atoms with van der Waals surface area (Å²) in [5.41, 5.74) is 0. The summed E-state index contributed by atoms with van der Waals surface area (Å²) < 4.78 is 21.6. The predicted molar refractivity (Wildman–Crippen MR) is 71.4 cm³/mol. The van der Waals surface area contributed by atoms with Crippen LogP contribution in [-0.2, 0) is 14.8 Å². The van der Waals surface area contributed by atoms with Gasteiger partial charge in [-0.3, -0.25) is 4.79 Å². The van der Waals surface area contributed by atoms with E-state index in [2.05, 4.69) is 13.0 Å². The Morgan fingerprint density at radius 3 is 2.78 bits per heavy atom. The Morgan fingerprint density at radius 1 is 1.44 bits per heavy atom. The number of sulfonamides is 1. The average Bonchev–Trinajstić information content (AvgIpc) is 2.72. The van der Waals surface area contributed by atoms with Crippen molar-refractivity contribution < 1.29 is 13.2 Å². The van der Waals surface area contributed by atoms with Crippen molar-refractivity contribution in [2.24, 2.45) is 5.14 Å². The fraction of sp³-hybridized carbons (Fsp3) is 0.750. The summed E-state index contributed by atoms with van der Waals surface area (Å²) >= 11 is 0. The van der Waals surface area contributed by atoms with Gasteiger partial charge < -0.3 is 4.90 Å². The van der Waals surface area contributed by atoms with Crippen LogP contribution < -0.4 is 5.14 Å². The summed E-state index contributed by atoms with van der Waals surface area (Å²) in [6, 6.07) is 0.187. The molecule has 0 fully saturated rings. The second kappa shape index (κ2) is 6.89. The smallest absolute Gasteiger partial charge is 0.223 e. The number of carbonyl (C=O) groups excluding carboxylic acids is 1. The first kappa shape index (κ1) is 15.2. The van der Waals surface area contributed by atoms with E-state index in [1.54, 1.807) is 0 Å². The average molecular weight is 274 g/mol. The lowest BCUT2D eigenvalue weighted by Crippen LogP contribution is -2.36. The van der Waals surface area contributed by atoms with Gasteiger partial charge in [-0.05, 0) is 12.8 Å². The van der Waals surface area contributed by atoms with Crippen molar-refractivity contribution in [1.82, 2.24) is 4.90 Å². The molecule has 1 aliphatic rings. The second-order valence-electron chi connectivity index (χ2n) is 4.65. The van der Waals surface area contributed by atoms with Gasteiger partial charge in [-0.15, -0.1) is 0 Å². The molecule has 0 saturated carbocycles. The van der Waals surface area contributed by atoms with Gasteiger partial charge in [0.25, 0.3) is 0 Å². The van der Waals surface area contributed by atoms with Gasteiger partial charge in [0.1, 0.15) is 0 Å². The monoisotopic (exact) mass is 274 g/mol. The van der Waals surface area contributed by atoms with Crippen LogP contribution >= 0.6 is 0 Å². The van der Waals surface area contributed by atoms with E-state index >= 15 is 0 Å². The summed E-state index contributed by atoms with van der Waals surface area (Å²) in [6.45, 7) is 2.76. The molecule has 5 nitrogen and oxygen atoms in total. The number of unbranched alkanes of at least 4 members (excludes halogenated alkanes) is 1. The van der Waals surface area contributed by atoms with Crippen LogP contribution in [0.5, 0.6) is 0 Å². The van der Waals surface area contributed by atoms with E-state index in [-0.39, 0.29) is 24.1 Å². The Bertz CT molecular complexity index is 404. The van der Waals surface area contributed by atoms with E-state index < -0.39 is 10.0 Å². The van der Waals surface area contributed by atoms with E-state index in [0.717, 1.165) is 19.3 Å². The lowest BCUT2D eigenvalue weighted by Gasteiger charge is -2.24. The Hall–Kier alpha value is -0.880. The van der Waals surface area contributed by atoms with E-state index in [0.29, 0.717) is 13.0 Å². The highest BCUT2D eigenvalue weighted by molar-refractivity contribution is 7.89. The fourth-order valence-electron chi connectivity index (χ4n) is 2.09. The summed E-state index contributed by atoms with van der Waals surface area (Å²) in [7, 11) is -3.46. The SMILES string of the molecule is CCCCC1C=CCN1C(=O)CCCS(N)(=O)=O. The Kier molecular flexibility index (Phi) is 5.81. The summed E-state index contributed by atoms with van der Waals surface area (Å²) in [5.74, 6) is -0.107. The first-order valence-corrected chi connectivity index (χ1v) is 8.12. The zero-order chi connectivity index (χ0) is 13.6. The van der Waals surface area contributed by atoms with E-state index in [9.17, 15) is 13.2 Å². The van der Waals surface area contributed by atoms with Crippen molar-refractivity contribution in [1.29, 1.82) is 0 Å². The van der Waals surface area contributed by atoms with Crippen molar-refractivity contribution in [3.05, 3.63) is 12.2 Å². The quantitative estimate of drug-likeness (QED) is 0.704. The molecule has 0 aliphatic carbocycles. The molecule has 1 rings (SSSR count). The number of primary sulfonamides is 1. The molecule has 0 spiro atoms. The summed E-state index contributed by atoms with van der Waals surface area (Å²) in [5, 5.41) is 4.90. The van der Waals surface area contributed by atoms with Gasteiger partial charge in [0.15, 0.2) is 0 Å². The molecule has 0 aromatic carbocycles. The number of nitrogens with two attached hydrogens (primary N) is 1. The van der Waals surface area contributed by atoms with Gasteiger partial charge in [-0.25, -0.2) is 13.6 Å². The Balaban J connectivity index is 2.37. The lowest BCUT2D eigenvalue weighted by molar-refractivity contribution is -0.131. The van der Waals surface area contributed by atoms with Gasteiger partial charge in [0.05, 0.1) is 11.8 Å². The second-order valence-corrected chi connectivity index (χ2v) is 6.39. The molecular weight excluding hydrogens is 252 g/mol. The minimum absolute atomic E-state index is 0.0183. The molecule has 0 radical (unpaired) electrons. The van der Waals surface area contributed by atoms with Crippen molar-refractivity contribution >= 4 is 15.9 Å². The number of hydrogen-bond acceptors (Lipinski definition) is 3. The van der Waals surface area contributed by atoms with Gasteiger partial charge in [-0.2, -0.15) is 0 Å². The van der Waals surface area contributed by atoms with Gasteiger partial charge >= 0.3 is 0 Å². The van der Waals surface area contributed by atoms with Crippen LogP contribution in [0.15, 0.2) is 12.2 Å². The molecule has 1 aliphatic heterocycles. The highest BCUT2D eigenvalue weighted by Crippen LogP contribution is 2.17. The van der Waals surface area contributed by atoms with Crippen LogP contribution in [0.2, 0.25) is 0 Å². The van der Waals surface area contributed by atoms with Crippen LogP contribution in [0.4, 0.5) is 0 Å². The summed E-state index contributed by atoms with van der Waals surface area (Å²) in [6.07, 6.45) is 7.79. The normalized spacial score (nSPS) is 19.4. The number of amides is 1. The molecule has 1 atom stereocenters. The molecule has 18 heavy (non-hydrogen) atoms. The Morgan fingerprint density at radius 2 is 2.17 bits per heavy atom. The maximum absolute atomic E-state index is 12.0. The molecule has 1 unspecified atom stereocenters. The number of hydrogen-bond donors (Lipinski definition) is 1. The molecule has 2 N–H and O–H groups in total. The molecule has 104 valence electrons. The molecular formula is C12H22N2O3S. The highest BCUT2D eigenvalue weighted by atomic mass is 32.2. The Labute approximate surface area is 109 Å². The van der Waals surface area contributed by atoms with Crippen LogP contribution in [0.25, 0.3) is 0 Å². The van der Waals surface area contributed by atoms with Crippen molar-refractivity contribution in [3.8, 4) is 0 Å². The first-order chi connectivity index (χ1) is 8.44. The van der Waals surface area contributed by atoms with Crippen LogP contribution in [0.1, 0.15) is 39.0 Å². The topological polar surface area (TPSA) is 80.5 Å². The van der Waals surface area contributed by atoms with E-state index in [1.165, 1.54) is 0 Å². The molecule has 6 heteroatoms. The maximum atomic E-state index is 12.0. The third kappa shape index (κ3) is 5.18. The number of carbonyl (C=O) groups is 1. The summed E-state index contributed by atoms with van der Waals surface area (Å²) in [4.78, 5) is 13.8. The first-order valence-electron chi connectivity index (χ1n) is 6.40. The number of rotatable bonds is 7. The fourth-order valence-corrected chi connectivity index (χ4v) is 2.64. The highest BCUT2D eigenvalue weighted by Gasteiger charge is 2.23. The van der Waals surface area contributed by atoms with Crippen LogP contribution in [0, 0.1) is 0 Å². The molecule has 0 saturated heterocycles.